The Morgan fingerprint density at radius 1 is 1.33 bits per heavy atom. The van der Waals surface area contributed by atoms with E-state index in [-0.39, 0.29) is 12.5 Å². The minimum Gasteiger partial charge on any atom is -0.478 e. The molecule has 0 saturated heterocycles. The molecule has 100 valence electrons. The fourth-order valence-corrected chi connectivity index (χ4v) is 1.44. The van der Waals surface area contributed by atoms with Crippen LogP contribution in [0.3, 0.4) is 0 Å². The summed E-state index contributed by atoms with van der Waals surface area (Å²) in [5, 5.41) is 20.3. The Morgan fingerprint density at radius 2 is 1.83 bits per heavy atom. The van der Waals surface area contributed by atoms with E-state index in [1.54, 1.807) is 13.8 Å². The lowest BCUT2D eigenvalue weighted by atomic mass is 10.0. The largest absolute Gasteiger partial charge is 0.478 e. The summed E-state index contributed by atoms with van der Waals surface area (Å²) in [4.78, 5) is 10.6. The topological polar surface area (TPSA) is 69.6 Å². The molecule has 0 aliphatic rings. The third-order valence-electron chi connectivity index (χ3n) is 2.62. The first-order valence-electron chi connectivity index (χ1n) is 5.46. The summed E-state index contributed by atoms with van der Waals surface area (Å²) in [7, 11) is 0. The van der Waals surface area contributed by atoms with Gasteiger partial charge in [0.1, 0.15) is 17.3 Å². The van der Waals surface area contributed by atoms with Gasteiger partial charge in [-0.15, -0.1) is 0 Å². The second-order valence-electron chi connectivity index (χ2n) is 4.30. The molecule has 4 nitrogen and oxygen atoms in total. The zero-order chi connectivity index (χ0) is 13.9. The van der Waals surface area contributed by atoms with Crippen molar-refractivity contribution in [3.63, 3.8) is 0 Å². The van der Waals surface area contributed by atoms with Crippen LogP contribution in [0.5, 0.6) is 0 Å². The molecule has 3 N–H and O–H groups in total. The molecule has 0 bridgehead atoms. The van der Waals surface area contributed by atoms with Crippen molar-refractivity contribution in [3.05, 3.63) is 29.3 Å². The number of aromatic carboxylic acids is 1. The van der Waals surface area contributed by atoms with Crippen molar-refractivity contribution < 1.29 is 23.8 Å². The molecule has 0 aromatic heterocycles. The molecule has 6 heteroatoms. The first kappa shape index (κ1) is 14.4. The molecule has 1 atom stereocenters. The number of nitrogens with one attached hydrogen (secondary N) is 1. The fraction of sp³-hybridized carbons (Fsp3) is 0.417. The van der Waals surface area contributed by atoms with Crippen LogP contribution < -0.4 is 5.32 Å². The predicted octanol–water partition coefficient (Wildman–Crippen LogP) is 2.09. The number of aliphatic hydroxyl groups excluding tert-OH is 1. The van der Waals surface area contributed by atoms with Crippen molar-refractivity contribution in [2.75, 3.05) is 11.9 Å². The van der Waals surface area contributed by atoms with E-state index in [4.69, 9.17) is 10.2 Å². The minimum atomic E-state index is -1.40. The van der Waals surface area contributed by atoms with Crippen molar-refractivity contribution in [2.24, 2.45) is 5.92 Å². The Morgan fingerprint density at radius 3 is 2.17 bits per heavy atom. The quantitative estimate of drug-likeness (QED) is 0.757. The number of aliphatic hydroxyl groups is 1. The highest BCUT2D eigenvalue weighted by Crippen LogP contribution is 2.23. The van der Waals surface area contributed by atoms with Gasteiger partial charge in [0.25, 0.3) is 0 Å². The summed E-state index contributed by atoms with van der Waals surface area (Å²) in [6.07, 6.45) is 0. The molecule has 0 heterocycles. The normalized spacial score (nSPS) is 12.6. The second kappa shape index (κ2) is 5.77. The smallest absolute Gasteiger partial charge is 0.335 e. The number of anilines is 1. The highest BCUT2D eigenvalue weighted by Gasteiger charge is 2.19. The van der Waals surface area contributed by atoms with Gasteiger partial charge in [0.2, 0.25) is 0 Å². The SMILES string of the molecule is CC(C)C(CO)Nc1c(F)cc(C(=O)O)cc1F. The highest BCUT2D eigenvalue weighted by atomic mass is 19.1. The monoisotopic (exact) mass is 259 g/mol. The van der Waals surface area contributed by atoms with Crippen molar-refractivity contribution in [2.45, 2.75) is 19.9 Å². The van der Waals surface area contributed by atoms with Gasteiger partial charge in [-0.1, -0.05) is 13.8 Å². The molecule has 1 unspecified atom stereocenters. The van der Waals surface area contributed by atoms with Gasteiger partial charge in [-0.2, -0.15) is 0 Å². The molecule has 1 aromatic carbocycles. The lowest BCUT2D eigenvalue weighted by molar-refractivity contribution is 0.0695. The van der Waals surface area contributed by atoms with Crippen LogP contribution in [0.15, 0.2) is 12.1 Å². The fourth-order valence-electron chi connectivity index (χ4n) is 1.44. The van der Waals surface area contributed by atoms with Gasteiger partial charge in [-0.3, -0.25) is 0 Å². The molecular formula is C12H15F2NO3. The van der Waals surface area contributed by atoms with E-state index in [1.807, 2.05) is 0 Å². The summed E-state index contributed by atoms with van der Waals surface area (Å²) in [6, 6.07) is 0.968. The van der Waals surface area contributed by atoms with Crippen LogP contribution in [0.25, 0.3) is 0 Å². The van der Waals surface area contributed by atoms with Gasteiger partial charge in [-0.25, -0.2) is 13.6 Å². The molecule has 0 saturated carbocycles. The molecule has 0 aliphatic heterocycles. The van der Waals surface area contributed by atoms with Gasteiger partial charge in [0, 0.05) is 0 Å². The van der Waals surface area contributed by atoms with Crippen LogP contribution in [-0.2, 0) is 0 Å². The number of rotatable bonds is 5. The standard InChI is InChI=1S/C12H15F2NO3/c1-6(2)10(5-16)15-11-8(13)3-7(12(17)18)4-9(11)14/h3-4,6,10,15-16H,5H2,1-2H3,(H,17,18). The number of benzene rings is 1. The highest BCUT2D eigenvalue weighted by molar-refractivity contribution is 5.88. The van der Waals surface area contributed by atoms with Crippen molar-refractivity contribution >= 4 is 11.7 Å². The second-order valence-corrected chi connectivity index (χ2v) is 4.30. The number of carbonyl (C=O) groups is 1. The van der Waals surface area contributed by atoms with Crippen LogP contribution in [-0.4, -0.2) is 28.8 Å². The van der Waals surface area contributed by atoms with Crippen molar-refractivity contribution in [3.8, 4) is 0 Å². The number of hydrogen-bond donors (Lipinski definition) is 3. The Bertz CT molecular complexity index is 426. The first-order valence-corrected chi connectivity index (χ1v) is 5.46. The van der Waals surface area contributed by atoms with Gasteiger partial charge in [0.15, 0.2) is 0 Å². The summed E-state index contributed by atoms with van der Waals surface area (Å²) >= 11 is 0. The maximum absolute atomic E-state index is 13.6. The number of halogens is 2. The lowest BCUT2D eigenvalue weighted by Gasteiger charge is -2.22. The molecular weight excluding hydrogens is 244 g/mol. The number of carboxylic acids is 1. The van der Waals surface area contributed by atoms with E-state index in [1.165, 1.54) is 0 Å². The third-order valence-corrected chi connectivity index (χ3v) is 2.62. The molecule has 0 fully saturated rings. The zero-order valence-electron chi connectivity index (χ0n) is 10.1. The van der Waals surface area contributed by atoms with Crippen LogP contribution in [0.4, 0.5) is 14.5 Å². The Hall–Kier alpha value is -1.69. The maximum Gasteiger partial charge on any atom is 0.335 e. The Labute approximate surface area is 103 Å². The molecule has 1 aromatic rings. The van der Waals surface area contributed by atoms with E-state index in [2.05, 4.69) is 5.32 Å². The Kier molecular flexibility index (Phi) is 4.61. The zero-order valence-corrected chi connectivity index (χ0v) is 10.1. The molecule has 0 amide bonds. The van der Waals surface area contributed by atoms with E-state index in [9.17, 15) is 13.6 Å². The van der Waals surface area contributed by atoms with Crippen molar-refractivity contribution in [1.29, 1.82) is 0 Å². The van der Waals surface area contributed by atoms with Crippen LogP contribution >= 0.6 is 0 Å². The summed E-state index contributed by atoms with van der Waals surface area (Å²) in [5.74, 6) is -3.42. The van der Waals surface area contributed by atoms with Crippen LogP contribution in [0, 0.1) is 17.6 Å². The number of carboxylic acid groups (broad SMARTS) is 1. The molecule has 0 radical (unpaired) electrons. The average Bonchev–Trinajstić information content (AvgIpc) is 2.27. The minimum absolute atomic E-state index is 0.0343. The predicted molar refractivity (Wildman–Crippen MR) is 62.7 cm³/mol. The Balaban J connectivity index is 3.07. The summed E-state index contributed by atoms with van der Waals surface area (Å²) < 4.78 is 27.2. The molecule has 0 spiro atoms. The van der Waals surface area contributed by atoms with Crippen molar-refractivity contribution in [1.82, 2.24) is 0 Å². The molecule has 0 aliphatic carbocycles. The lowest BCUT2D eigenvalue weighted by Crippen LogP contribution is -2.30. The van der Waals surface area contributed by atoms with Crippen LogP contribution in [0.1, 0.15) is 24.2 Å². The third kappa shape index (κ3) is 3.16. The van der Waals surface area contributed by atoms with Gasteiger partial charge < -0.3 is 15.5 Å². The maximum atomic E-state index is 13.6. The number of hydrogen-bond acceptors (Lipinski definition) is 3. The van der Waals surface area contributed by atoms with E-state index < -0.39 is 34.9 Å². The van der Waals surface area contributed by atoms with Crippen LogP contribution in [0.2, 0.25) is 0 Å². The van der Waals surface area contributed by atoms with E-state index in [0.29, 0.717) is 0 Å². The van der Waals surface area contributed by atoms with Gasteiger partial charge in [0.05, 0.1) is 18.2 Å². The average molecular weight is 259 g/mol. The molecule has 1 rings (SSSR count). The van der Waals surface area contributed by atoms with Gasteiger partial charge >= 0.3 is 5.97 Å². The van der Waals surface area contributed by atoms with E-state index in [0.717, 1.165) is 12.1 Å². The van der Waals surface area contributed by atoms with Gasteiger partial charge in [-0.05, 0) is 18.1 Å². The molecule has 18 heavy (non-hydrogen) atoms. The first-order chi connectivity index (χ1) is 8.36. The summed E-state index contributed by atoms with van der Waals surface area (Å²) in [6.45, 7) is 3.29. The van der Waals surface area contributed by atoms with E-state index >= 15 is 0 Å². The summed E-state index contributed by atoms with van der Waals surface area (Å²) in [5.41, 5.74) is -0.881.